The second-order valence-electron chi connectivity index (χ2n) is 9.81. The maximum atomic E-state index is 13.5. The number of nitrogens with two attached hydrogens (primary N) is 1. The van der Waals surface area contributed by atoms with E-state index < -0.39 is 52.1 Å². The second kappa shape index (κ2) is 14.2. The first-order chi connectivity index (χ1) is 20.2. The van der Waals surface area contributed by atoms with Crippen molar-refractivity contribution < 1.29 is 35.9 Å². The van der Waals surface area contributed by atoms with Crippen LogP contribution in [0.5, 0.6) is 5.75 Å². The fourth-order valence-corrected chi connectivity index (χ4v) is 6.34. The van der Waals surface area contributed by atoms with E-state index in [4.69, 9.17) is 33.7 Å². The van der Waals surface area contributed by atoms with Gasteiger partial charge in [0.05, 0.1) is 35.2 Å². The summed E-state index contributed by atoms with van der Waals surface area (Å²) in [6, 6.07) is 10.7. The third kappa shape index (κ3) is 8.27. The summed E-state index contributed by atoms with van der Waals surface area (Å²) < 4.78 is 74.2. The lowest BCUT2D eigenvalue weighted by atomic mass is 9.99. The smallest absolute Gasteiger partial charge is 0.416 e. The second-order valence-corrected chi connectivity index (χ2v) is 12.5. The van der Waals surface area contributed by atoms with Gasteiger partial charge in [-0.15, -0.1) is 12.4 Å². The van der Waals surface area contributed by atoms with Gasteiger partial charge in [0.2, 0.25) is 5.91 Å². The maximum Gasteiger partial charge on any atom is 0.416 e. The quantitative estimate of drug-likeness (QED) is 0.277. The van der Waals surface area contributed by atoms with Crippen LogP contribution in [0.15, 0.2) is 65.6 Å². The minimum absolute atomic E-state index is 0. The van der Waals surface area contributed by atoms with Gasteiger partial charge in [0, 0.05) is 28.2 Å². The molecular formula is C28H28Cl3F3N4O5S. The number of nitrogens with zero attached hydrogens (tertiary/aromatic N) is 1. The summed E-state index contributed by atoms with van der Waals surface area (Å²) in [6.45, 7) is 1.73. The Hall–Kier alpha value is -3.23. The molecule has 1 heterocycles. The van der Waals surface area contributed by atoms with E-state index >= 15 is 0 Å². The van der Waals surface area contributed by atoms with Crippen LogP contribution < -0.4 is 25.4 Å². The standard InChI is InChI=1S/C28H27Cl2F3N4O5S.ClH/c1-16(34)15-35-26(38)14-23(21-12-18(28(31,32)33)6-7-22(21)30)36-27(39)17-5-8-25-24(11-17)37(9-10-42-25)43(40,41)20-4-2-3-19(29)13-20;/h2-8,11-13,16,23H,9-10,14-15,34H2,1H3,(H,35,38)(H,36,39);1H/t16?,23-;/m0./s1. The summed E-state index contributed by atoms with van der Waals surface area (Å²) in [5.41, 5.74) is 4.56. The zero-order valence-corrected chi connectivity index (χ0v) is 26.2. The first kappa shape index (κ1) is 35.3. The number of sulfonamides is 1. The van der Waals surface area contributed by atoms with Crippen molar-refractivity contribution in [1.82, 2.24) is 10.6 Å². The predicted octanol–water partition coefficient (Wildman–Crippen LogP) is 5.35. The van der Waals surface area contributed by atoms with Gasteiger partial charge in [0.15, 0.2) is 0 Å². The Labute approximate surface area is 268 Å². The zero-order valence-electron chi connectivity index (χ0n) is 23.0. The zero-order chi connectivity index (χ0) is 31.5. The molecule has 4 rings (SSSR count). The fourth-order valence-electron chi connectivity index (χ4n) is 4.34. The van der Waals surface area contributed by atoms with Crippen LogP contribution in [0, 0.1) is 0 Å². The van der Waals surface area contributed by atoms with Gasteiger partial charge < -0.3 is 21.1 Å². The largest absolute Gasteiger partial charge is 0.489 e. The van der Waals surface area contributed by atoms with Gasteiger partial charge in [-0.25, -0.2) is 8.42 Å². The lowest BCUT2D eigenvalue weighted by Gasteiger charge is -2.31. The van der Waals surface area contributed by atoms with E-state index in [0.717, 1.165) is 22.5 Å². The molecule has 1 unspecified atom stereocenters. The molecule has 3 aromatic carbocycles. The number of benzene rings is 3. The number of nitrogens with one attached hydrogen (secondary N) is 2. The van der Waals surface area contributed by atoms with Crippen LogP contribution in [0.25, 0.3) is 0 Å². The Morgan fingerprint density at radius 2 is 1.82 bits per heavy atom. The minimum Gasteiger partial charge on any atom is -0.489 e. The monoisotopic (exact) mass is 694 g/mol. The van der Waals surface area contributed by atoms with Crippen molar-refractivity contribution in [3.05, 3.63) is 87.4 Å². The molecule has 44 heavy (non-hydrogen) atoms. The number of ether oxygens (including phenoxy) is 1. The summed E-state index contributed by atoms with van der Waals surface area (Å²) in [5, 5.41) is 5.25. The Morgan fingerprint density at radius 3 is 2.48 bits per heavy atom. The van der Waals surface area contributed by atoms with Gasteiger partial charge in [-0.2, -0.15) is 13.2 Å². The van der Waals surface area contributed by atoms with E-state index in [1.165, 1.54) is 42.5 Å². The maximum absolute atomic E-state index is 13.5. The van der Waals surface area contributed by atoms with E-state index in [0.29, 0.717) is 0 Å². The highest BCUT2D eigenvalue weighted by atomic mass is 35.5. The van der Waals surface area contributed by atoms with Crippen LogP contribution in [0.4, 0.5) is 18.9 Å². The molecule has 16 heteroatoms. The SMILES string of the molecule is CC(N)CNC(=O)C[C@H](NC(=O)c1ccc2c(c1)N(S(=O)(=O)c1cccc(Cl)c1)CCO2)c1cc(C(F)(F)F)ccc1Cl.Cl. The number of anilines is 1. The number of rotatable bonds is 9. The van der Waals surface area contributed by atoms with Crippen molar-refractivity contribution in [1.29, 1.82) is 0 Å². The molecule has 0 aromatic heterocycles. The molecule has 4 N–H and O–H groups in total. The van der Waals surface area contributed by atoms with Crippen LogP contribution in [-0.4, -0.2) is 46.0 Å². The molecule has 0 radical (unpaired) electrons. The minimum atomic E-state index is -4.71. The number of amides is 2. The van der Waals surface area contributed by atoms with Crippen molar-refractivity contribution in [2.75, 3.05) is 24.0 Å². The average Bonchev–Trinajstić information content (AvgIpc) is 2.94. The van der Waals surface area contributed by atoms with Crippen molar-refractivity contribution in [2.45, 2.75) is 36.5 Å². The lowest BCUT2D eigenvalue weighted by molar-refractivity contribution is -0.137. The van der Waals surface area contributed by atoms with Crippen LogP contribution in [0.1, 0.15) is 40.9 Å². The number of fused-ring (bicyclic) bond motifs is 1. The first-order valence-corrected chi connectivity index (χ1v) is 15.1. The molecule has 0 saturated heterocycles. The molecule has 2 amide bonds. The first-order valence-electron chi connectivity index (χ1n) is 12.9. The van der Waals surface area contributed by atoms with E-state index in [-0.39, 0.29) is 69.6 Å². The van der Waals surface area contributed by atoms with Gasteiger partial charge in [-0.05, 0) is 67.1 Å². The van der Waals surface area contributed by atoms with Crippen LogP contribution >= 0.6 is 35.6 Å². The highest BCUT2D eigenvalue weighted by Crippen LogP contribution is 2.38. The molecule has 3 aromatic rings. The van der Waals surface area contributed by atoms with Crippen molar-refractivity contribution in [2.24, 2.45) is 5.73 Å². The Kier molecular flexibility index (Phi) is 11.4. The van der Waals surface area contributed by atoms with Gasteiger partial charge >= 0.3 is 6.18 Å². The Bertz CT molecular complexity index is 1640. The van der Waals surface area contributed by atoms with E-state index in [1.807, 2.05) is 0 Å². The normalized spacial score (nSPS) is 14.4. The number of carbonyl (C=O) groups excluding carboxylic acids is 2. The predicted molar refractivity (Wildman–Crippen MR) is 163 cm³/mol. The van der Waals surface area contributed by atoms with Crippen molar-refractivity contribution in [3.8, 4) is 5.75 Å². The summed E-state index contributed by atoms with van der Waals surface area (Å²) in [7, 11) is -4.11. The molecule has 2 atom stereocenters. The number of hydrogen-bond acceptors (Lipinski definition) is 6. The molecular weight excluding hydrogens is 668 g/mol. The Morgan fingerprint density at radius 1 is 1.09 bits per heavy atom. The highest BCUT2D eigenvalue weighted by molar-refractivity contribution is 7.92. The van der Waals surface area contributed by atoms with Gasteiger partial charge in [0.25, 0.3) is 15.9 Å². The highest BCUT2D eigenvalue weighted by Gasteiger charge is 2.34. The van der Waals surface area contributed by atoms with Crippen LogP contribution in [0.2, 0.25) is 10.0 Å². The molecule has 238 valence electrons. The third-order valence-corrected chi connectivity index (χ3v) is 8.83. The van der Waals surface area contributed by atoms with Crippen molar-refractivity contribution >= 4 is 63.1 Å². The molecule has 9 nitrogen and oxygen atoms in total. The number of carbonyl (C=O) groups is 2. The van der Waals surface area contributed by atoms with Gasteiger partial charge in [0.1, 0.15) is 12.4 Å². The Balaban J connectivity index is 0.00000529. The van der Waals surface area contributed by atoms with Crippen molar-refractivity contribution in [3.63, 3.8) is 0 Å². The summed E-state index contributed by atoms with van der Waals surface area (Å²) in [5.74, 6) is -1.19. The number of halogens is 6. The molecule has 0 spiro atoms. The van der Waals surface area contributed by atoms with Gasteiger partial charge in [-0.3, -0.25) is 13.9 Å². The third-order valence-electron chi connectivity index (χ3n) is 6.44. The van der Waals surface area contributed by atoms with Gasteiger partial charge in [-0.1, -0.05) is 29.3 Å². The number of hydrogen-bond donors (Lipinski definition) is 3. The summed E-state index contributed by atoms with van der Waals surface area (Å²) in [6.07, 6.45) is -5.16. The number of alkyl halides is 3. The lowest BCUT2D eigenvalue weighted by Crippen LogP contribution is -2.39. The molecule has 0 fully saturated rings. The summed E-state index contributed by atoms with van der Waals surface area (Å²) >= 11 is 12.3. The summed E-state index contributed by atoms with van der Waals surface area (Å²) in [4.78, 5) is 26.1. The molecule has 1 aliphatic heterocycles. The van der Waals surface area contributed by atoms with E-state index in [9.17, 15) is 31.2 Å². The molecule has 0 bridgehead atoms. The molecule has 0 aliphatic carbocycles. The average molecular weight is 696 g/mol. The van der Waals surface area contributed by atoms with E-state index in [1.54, 1.807) is 6.92 Å². The van der Waals surface area contributed by atoms with Crippen LogP contribution in [-0.2, 0) is 21.0 Å². The van der Waals surface area contributed by atoms with E-state index in [2.05, 4.69) is 10.6 Å². The molecule has 0 saturated carbocycles. The fraction of sp³-hybridized carbons (Fsp3) is 0.286. The molecule has 1 aliphatic rings. The topological polar surface area (TPSA) is 131 Å². The van der Waals surface area contributed by atoms with Crippen LogP contribution in [0.3, 0.4) is 0 Å².